The highest BCUT2D eigenvalue weighted by Crippen LogP contribution is 2.35. The van der Waals surface area contributed by atoms with Crippen molar-refractivity contribution in [2.45, 2.75) is 45.1 Å². The van der Waals surface area contributed by atoms with Crippen LogP contribution in [0, 0.1) is 10.1 Å². The molecule has 2 aromatic rings. The molecule has 3 rings (SSSR count). The SMILES string of the molecule is CCOC(=O)c1ccc(Nc2ncnc(OC3CCCCC3)c2[N+](=O)[O-])cc1. The number of ether oxygens (including phenoxy) is 2. The van der Waals surface area contributed by atoms with Crippen molar-refractivity contribution in [2.24, 2.45) is 0 Å². The lowest BCUT2D eigenvalue weighted by Gasteiger charge is -2.22. The summed E-state index contributed by atoms with van der Waals surface area (Å²) in [6.07, 6.45) is 6.13. The molecule has 0 radical (unpaired) electrons. The number of nitrogens with zero attached hydrogens (tertiary/aromatic N) is 3. The number of nitro groups is 1. The van der Waals surface area contributed by atoms with Crippen LogP contribution in [-0.2, 0) is 4.74 Å². The van der Waals surface area contributed by atoms with E-state index in [0.29, 0.717) is 11.3 Å². The Kier molecular flexibility index (Phi) is 6.36. The molecule has 0 amide bonds. The van der Waals surface area contributed by atoms with E-state index in [4.69, 9.17) is 9.47 Å². The predicted octanol–water partition coefficient (Wildman–Crippen LogP) is 4.02. The molecule has 1 N–H and O–H groups in total. The van der Waals surface area contributed by atoms with E-state index in [2.05, 4.69) is 15.3 Å². The first-order valence-corrected chi connectivity index (χ1v) is 9.28. The van der Waals surface area contributed by atoms with Gasteiger partial charge in [-0.25, -0.2) is 9.78 Å². The van der Waals surface area contributed by atoms with Crippen molar-refractivity contribution in [1.82, 2.24) is 9.97 Å². The second-order valence-corrected chi connectivity index (χ2v) is 6.43. The van der Waals surface area contributed by atoms with Crippen LogP contribution in [0.2, 0.25) is 0 Å². The highest BCUT2D eigenvalue weighted by Gasteiger charge is 2.27. The number of aromatic nitrogens is 2. The number of carbonyl (C=O) groups is 1. The standard InChI is InChI=1S/C19H22N4O5/c1-2-27-19(24)13-8-10-14(11-9-13)22-17-16(23(25)26)18(21-12-20-17)28-15-6-4-3-5-7-15/h8-12,15H,2-7H2,1H3,(H,20,21,22). The number of carbonyl (C=O) groups excluding carboxylic acids is 1. The number of hydrogen-bond donors (Lipinski definition) is 1. The third-order valence-corrected chi connectivity index (χ3v) is 4.46. The van der Waals surface area contributed by atoms with Crippen LogP contribution in [0.3, 0.4) is 0 Å². The van der Waals surface area contributed by atoms with Crippen LogP contribution >= 0.6 is 0 Å². The topological polar surface area (TPSA) is 116 Å². The molecule has 0 aliphatic heterocycles. The number of hydrogen-bond acceptors (Lipinski definition) is 8. The maximum absolute atomic E-state index is 11.7. The fourth-order valence-corrected chi connectivity index (χ4v) is 3.09. The summed E-state index contributed by atoms with van der Waals surface area (Å²) in [5.41, 5.74) is 0.631. The molecule has 0 unspecified atom stereocenters. The highest BCUT2D eigenvalue weighted by atomic mass is 16.6. The Balaban J connectivity index is 1.80. The van der Waals surface area contributed by atoms with E-state index in [1.165, 1.54) is 6.33 Å². The normalized spacial score (nSPS) is 14.3. The van der Waals surface area contributed by atoms with Crippen molar-refractivity contribution >= 4 is 23.2 Å². The van der Waals surface area contributed by atoms with Gasteiger partial charge in [0.1, 0.15) is 12.4 Å². The molecule has 0 atom stereocenters. The average molecular weight is 386 g/mol. The maximum atomic E-state index is 11.7. The third-order valence-electron chi connectivity index (χ3n) is 4.46. The summed E-state index contributed by atoms with van der Waals surface area (Å²) in [6, 6.07) is 6.40. The molecule has 1 saturated carbocycles. The van der Waals surface area contributed by atoms with Gasteiger partial charge in [-0.15, -0.1) is 0 Å². The Hall–Kier alpha value is -3.23. The zero-order valence-corrected chi connectivity index (χ0v) is 15.6. The van der Waals surface area contributed by atoms with Crippen LogP contribution in [-0.4, -0.2) is 33.6 Å². The first kappa shape index (κ1) is 19.5. The molecular formula is C19H22N4O5. The average Bonchev–Trinajstić information content (AvgIpc) is 2.69. The number of benzene rings is 1. The van der Waals surface area contributed by atoms with E-state index in [1.807, 2.05) is 0 Å². The van der Waals surface area contributed by atoms with Crippen LogP contribution in [0.4, 0.5) is 17.2 Å². The molecule has 1 fully saturated rings. The van der Waals surface area contributed by atoms with Crippen molar-refractivity contribution in [2.75, 3.05) is 11.9 Å². The van der Waals surface area contributed by atoms with Crippen LogP contribution in [0.25, 0.3) is 0 Å². The molecule has 9 nitrogen and oxygen atoms in total. The van der Waals surface area contributed by atoms with Gasteiger partial charge in [-0.3, -0.25) is 10.1 Å². The molecule has 28 heavy (non-hydrogen) atoms. The Morgan fingerprint density at radius 1 is 1.21 bits per heavy atom. The smallest absolute Gasteiger partial charge is 0.373 e. The van der Waals surface area contributed by atoms with Crippen molar-refractivity contribution in [1.29, 1.82) is 0 Å². The van der Waals surface area contributed by atoms with Crippen LogP contribution in [0.15, 0.2) is 30.6 Å². The zero-order chi connectivity index (χ0) is 19.9. The summed E-state index contributed by atoms with van der Waals surface area (Å²) >= 11 is 0. The second-order valence-electron chi connectivity index (χ2n) is 6.43. The molecule has 148 valence electrons. The monoisotopic (exact) mass is 386 g/mol. The van der Waals surface area contributed by atoms with Crippen LogP contribution < -0.4 is 10.1 Å². The van der Waals surface area contributed by atoms with Crippen LogP contribution in [0.5, 0.6) is 5.88 Å². The van der Waals surface area contributed by atoms with E-state index in [9.17, 15) is 14.9 Å². The summed E-state index contributed by atoms with van der Waals surface area (Å²) in [6.45, 7) is 2.02. The summed E-state index contributed by atoms with van der Waals surface area (Å²) in [5.74, 6) is -0.419. The van der Waals surface area contributed by atoms with Gasteiger partial charge in [-0.1, -0.05) is 6.42 Å². The van der Waals surface area contributed by atoms with Gasteiger partial charge in [0.25, 0.3) is 5.88 Å². The van der Waals surface area contributed by atoms with E-state index in [1.54, 1.807) is 31.2 Å². The largest absolute Gasteiger partial charge is 0.469 e. The number of nitrogens with one attached hydrogen (secondary N) is 1. The summed E-state index contributed by atoms with van der Waals surface area (Å²) in [5, 5.41) is 14.5. The Morgan fingerprint density at radius 2 is 1.93 bits per heavy atom. The summed E-state index contributed by atoms with van der Waals surface area (Å²) < 4.78 is 10.7. The first-order valence-electron chi connectivity index (χ1n) is 9.28. The molecular weight excluding hydrogens is 364 g/mol. The van der Waals surface area contributed by atoms with E-state index < -0.39 is 10.9 Å². The highest BCUT2D eigenvalue weighted by molar-refractivity contribution is 5.90. The summed E-state index contributed by atoms with van der Waals surface area (Å²) in [4.78, 5) is 30.8. The Morgan fingerprint density at radius 3 is 2.57 bits per heavy atom. The molecule has 1 aliphatic rings. The fourth-order valence-electron chi connectivity index (χ4n) is 3.09. The van der Waals surface area contributed by atoms with Crippen LogP contribution in [0.1, 0.15) is 49.4 Å². The lowest BCUT2D eigenvalue weighted by molar-refractivity contribution is -0.385. The molecule has 1 heterocycles. The fraction of sp³-hybridized carbons (Fsp3) is 0.421. The molecule has 1 aromatic heterocycles. The second kappa shape index (κ2) is 9.12. The predicted molar refractivity (Wildman–Crippen MR) is 102 cm³/mol. The molecule has 0 bridgehead atoms. The van der Waals surface area contributed by atoms with Gasteiger partial charge in [-0.05, 0) is 56.9 Å². The molecule has 9 heteroatoms. The molecule has 1 aromatic carbocycles. The first-order chi connectivity index (χ1) is 13.6. The van der Waals surface area contributed by atoms with Crippen molar-refractivity contribution in [3.63, 3.8) is 0 Å². The lowest BCUT2D eigenvalue weighted by atomic mass is 9.98. The van der Waals surface area contributed by atoms with Crippen molar-refractivity contribution < 1.29 is 19.2 Å². The van der Waals surface area contributed by atoms with Gasteiger partial charge in [0, 0.05) is 5.69 Å². The minimum Gasteiger partial charge on any atom is -0.469 e. The number of anilines is 2. The van der Waals surface area contributed by atoms with Gasteiger partial charge in [0.05, 0.1) is 17.1 Å². The maximum Gasteiger partial charge on any atom is 0.373 e. The van der Waals surface area contributed by atoms with Crippen molar-refractivity contribution in [3.8, 4) is 5.88 Å². The minimum absolute atomic E-state index is 0.0301. The van der Waals surface area contributed by atoms with Gasteiger partial charge in [-0.2, -0.15) is 4.98 Å². The van der Waals surface area contributed by atoms with E-state index in [0.717, 1.165) is 32.1 Å². The van der Waals surface area contributed by atoms with Gasteiger partial charge in [0.2, 0.25) is 5.82 Å². The Bertz CT molecular complexity index is 835. The van der Waals surface area contributed by atoms with Gasteiger partial charge >= 0.3 is 11.7 Å². The minimum atomic E-state index is -0.548. The molecule has 0 saturated heterocycles. The van der Waals surface area contributed by atoms with Gasteiger partial charge in [0.15, 0.2) is 0 Å². The molecule has 0 spiro atoms. The number of rotatable bonds is 7. The molecule has 1 aliphatic carbocycles. The Labute approximate surface area is 162 Å². The quantitative estimate of drug-likeness (QED) is 0.431. The zero-order valence-electron chi connectivity index (χ0n) is 15.6. The van der Waals surface area contributed by atoms with Crippen molar-refractivity contribution in [3.05, 3.63) is 46.3 Å². The lowest BCUT2D eigenvalue weighted by Crippen LogP contribution is -2.21. The van der Waals surface area contributed by atoms with Gasteiger partial charge < -0.3 is 14.8 Å². The van der Waals surface area contributed by atoms with E-state index >= 15 is 0 Å². The number of esters is 1. The summed E-state index contributed by atoms with van der Waals surface area (Å²) in [7, 11) is 0. The van der Waals surface area contributed by atoms with E-state index in [-0.39, 0.29) is 30.1 Å². The third kappa shape index (κ3) is 4.73.